The minimum atomic E-state index is -0.550. The second-order valence-corrected chi connectivity index (χ2v) is 7.44. The van der Waals surface area contributed by atoms with Gasteiger partial charge in [0.25, 0.3) is 0 Å². The smallest absolute Gasteiger partial charge is 0.231 e. The zero-order chi connectivity index (χ0) is 20.8. The maximum atomic E-state index is 13.2. The van der Waals surface area contributed by atoms with Crippen LogP contribution in [0.5, 0.6) is 11.5 Å². The summed E-state index contributed by atoms with van der Waals surface area (Å²) < 4.78 is 24.2. The topological polar surface area (TPSA) is 47.6 Å². The molecule has 0 aliphatic carbocycles. The van der Waals surface area contributed by atoms with E-state index in [1.165, 1.54) is 12.1 Å². The van der Waals surface area contributed by atoms with E-state index in [1.54, 1.807) is 12.1 Å². The van der Waals surface area contributed by atoms with E-state index >= 15 is 0 Å². The summed E-state index contributed by atoms with van der Waals surface area (Å²) in [5.74, 6) is 0.957. The average Bonchev–Trinajstić information content (AvgIpc) is 2.81. The highest BCUT2D eigenvalue weighted by atomic mass is 19.1. The Kier molecular flexibility index (Phi) is 6.10. The molecule has 4 nitrogen and oxygen atoms in total. The molecule has 5 heteroatoms. The van der Waals surface area contributed by atoms with Crippen LogP contribution in [0.2, 0.25) is 0 Å². The van der Waals surface area contributed by atoms with Gasteiger partial charge in [-0.15, -0.1) is 0 Å². The molecule has 1 heterocycles. The van der Waals surface area contributed by atoms with Gasteiger partial charge in [0.15, 0.2) is 0 Å². The van der Waals surface area contributed by atoms with Crippen LogP contribution < -0.4 is 10.1 Å². The third-order valence-electron chi connectivity index (χ3n) is 5.53. The first-order valence-electron chi connectivity index (χ1n) is 10.1. The molecule has 0 spiro atoms. The van der Waals surface area contributed by atoms with Crippen LogP contribution in [0.1, 0.15) is 24.0 Å². The first-order valence-corrected chi connectivity index (χ1v) is 10.1. The van der Waals surface area contributed by atoms with Gasteiger partial charge in [-0.05, 0) is 60.4 Å². The number of rotatable bonds is 6. The number of ether oxygens (including phenoxy) is 2. The summed E-state index contributed by atoms with van der Waals surface area (Å²) in [5.41, 5.74) is 1.46. The summed E-state index contributed by atoms with van der Waals surface area (Å²) in [7, 11) is 0. The van der Waals surface area contributed by atoms with Crippen molar-refractivity contribution < 1.29 is 18.7 Å². The standard InChI is InChI=1S/C25H24FNO3/c26-21-8-12-23(13-9-21)30-22-10-6-19(7-11-22)18-27-24(28)25(14-16-29-17-15-25)20-4-2-1-3-5-20/h1-13H,14-18H2,(H,27,28). The lowest BCUT2D eigenvalue weighted by Gasteiger charge is -2.36. The van der Waals surface area contributed by atoms with E-state index in [4.69, 9.17) is 9.47 Å². The minimum absolute atomic E-state index is 0.0311. The fourth-order valence-corrected chi connectivity index (χ4v) is 3.79. The third-order valence-corrected chi connectivity index (χ3v) is 5.53. The molecule has 0 bridgehead atoms. The predicted octanol–water partition coefficient (Wildman–Crippen LogP) is 4.98. The monoisotopic (exact) mass is 405 g/mol. The summed E-state index contributed by atoms with van der Waals surface area (Å²) >= 11 is 0. The molecule has 3 aromatic rings. The molecule has 1 aliphatic heterocycles. The van der Waals surface area contributed by atoms with Crippen molar-refractivity contribution in [3.05, 3.63) is 95.8 Å². The highest BCUT2D eigenvalue weighted by Crippen LogP contribution is 2.35. The van der Waals surface area contributed by atoms with Crippen LogP contribution in [-0.2, 0) is 21.5 Å². The van der Waals surface area contributed by atoms with Gasteiger partial charge in [0.05, 0.1) is 5.41 Å². The van der Waals surface area contributed by atoms with Crippen LogP contribution in [0.15, 0.2) is 78.9 Å². The Balaban J connectivity index is 1.40. The highest BCUT2D eigenvalue weighted by Gasteiger charge is 2.41. The average molecular weight is 405 g/mol. The number of hydrogen-bond acceptors (Lipinski definition) is 3. The van der Waals surface area contributed by atoms with Gasteiger partial charge in [0, 0.05) is 19.8 Å². The molecule has 0 atom stereocenters. The quantitative estimate of drug-likeness (QED) is 0.629. The lowest BCUT2D eigenvalue weighted by Crippen LogP contribution is -2.47. The molecule has 1 N–H and O–H groups in total. The van der Waals surface area contributed by atoms with Gasteiger partial charge in [-0.1, -0.05) is 42.5 Å². The molecule has 3 aromatic carbocycles. The summed E-state index contributed by atoms with van der Waals surface area (Å²) in [6.45, 7) is 1.60. The maximum absolute atomic E-state index is 13.2. The van der Waals surface area contributed by atoms with E-state index in [9.17, 15) is 9.18 Å². The van der Waals surface area contributed by atoms with Gasteiger partial charge in [0.1, 0.15) is 17.3 Å². The second kappa shape index (κ2) is 9.09. The van der Waals surface area contributed by atoms with E-state index in [-0.39, 0.29) is 11.7 Å². The van der Waals surface area contributed by atoms with E-state index in [0.717, 1.165) is 11.1 Å². The van der Waals surface area contributed by atoms with Crippen molar-refractivity contribution in [1.82, 2.24) is 5.32 Å². The van der Waals surface area contributed by atoms with Crippen molar-refractivity contribution in [1.29, 1.82) is 0 Å². The number of amides is 1. The molecular weight excluding hydrogens is 381 g/mol. The number of carbonyl (C=O) groups is 1. The number of benzene rings is 3. The fourth-order valence-electron chi connectivity index (χ4n) is 3.79. The first kappa shape index (κ1) is 20.1. The van der Waals surface area contributed by atoms with Crippen LogP contribution in [0.3, 0.4) is 0 Å². The van der Waals surface area contributed by atoms with Gasteiger partial charge >= 0.3 is 0 Å². The zero-order valence-corrected chi connectivity index (χ0v) is 16.6. The molecule has 4 rings (SSSR count). The Morgan fingerprint density at radius 3 is 2.13 bits per heavy atom. The third kappa shape index (κ3) is 4.52. The summed E-state index contributed by atoms with van der Waals surface area (Å²) in [6.07, 6.45) is 1.35. The largest absolute Gasteiger partial charge is 0.457 e. The Morgan fingerprint density at radius 2 is 1.50 bits per heavy atom. The van der Waals surface area contributed by atoms with Crippen LogP contribution in [0.25, 0.3) is 0 Å². The molecule has 0 aromatic heterocycles. The molecule has 1 aliphatic rings. The van der Waals surface area contributed by atoms with Gasteiger partial charge in [0.2, 0.25) is 5.91 Å². The van der Waals surface area contributed by atoms with Gasteiger partial charge in [-0.25, -0.2) is 4.39 Å². The van der Waals surface area contributed by atoms with Crippen molar-refractivity contribution in [2.24, 2.45) is 0 Å². The Morgan fingerprint density at radius 1 is 0.900 bits per heavy atom. The highest BCUT2D eigenvalue weighted by molar-refractivity contribution is 5.88. The number of halogens is 1. The van der Waals surface area contributed by atoms with E-state index in [0.29, 0.717) is 44.1 Å². The van der Waals surface area contributed by atoms with E-state index < -0.39 is 5.41 Å². The van der Waals surface area contributed by atoms with Crippen molar-refractivity contribution in [3.8, 4) is 11.5 Å². The predicted molar refractivity (Wildman–Crippen MR) is 113 cm³/mol. The number of carbonyl (C=O) groups excluding carboxylic acids is 1. The summed E-state index contributed by atoms with van der Waals surface area (Å²) in [6, 6.07) is 23.3. The number of hydrogen-bond donors (Lipinski definition) is 1. The Bertz CT molecular complexity index is 966. The number of nitrogens with one attached hydrogen (secondary N) is 1. The minimum Gasteiger partial charge on any atom is -0.457 e. The molecule has 0 unspecified atom stereocenters. The SMILES string of the molecule is O=C(NCc1ccc(Oc2ccc(F)cc2)cc1)C1(c2ccccc2)CCOCC1. The van der Waals surface area contributed by atoms with Crippen LogP contribution in [-0.4, -0.2) is 19.1 Å². The van der Waals surface area contributed by atoms with Crippen molar-refractivity contribution in [2.75, 3.05) is 13.2 Å². The van der Waals surface area contributed by atoms with E-state index in [1.807, 2.05) is 54.6 Å². The maximum Gasteiger partial charge on any atom is 0.231 e. The summed E-state index contributed by atoms with van der Waals surface area (Å²) in [5, 5.41) is 3.11. The van der Waals surface area contributed by atoms with Crippen LogP contribution in [0, 0.1) is 5.82 Å². The van der Waals surface area contributed by atoms with Gasteiger partial charge < -0.3 is 14.8 Å². The Hall–Kier alpha value is -3.18. The molecule has 154 valence electrons. The van der Waals surface area contributed by atoms with Crippen molar-refractivity contribution in [3.63, 3.8) is 0 Å². The van der Waals surface area contributed by atoms with Gasteiger partial charge in [-0.3, -0.25) is 4.79 Å². The second-order valence-electron chi connectivity index (χ2n) is 7.44. The molecule has 1 saturated heterocycles. The lowest BCUT2D eigenvalue weighted by atomic mass is 9.73. The van der Waals surface area contributed by atoms with Gasteiger partial charge in [-0.2, -0.15) is 0 Å². The van der Waals surface area contributed by atoms with Crippen molar-refractivity contribution in [2.45, 2.75) is 24.8 Å². The molecular formula is C25H24FNO3. The van der Waals surface area contributed by atoms with Crippen LogP contribution >= 0.6 is 0 Å². The molecule has 1 fully saturated rings. The van der Waals surface area contributed by atoms with Crippen LogP contribution in [0.4, 0.5) is 4.39 Å². The summed E-state index contributed by atoms with van der Waals surface area (Å²) in [4.78, 5) is 13.2. The molecule has 30 heavy (non-hydrogen) atoms. The molecule has 0 saturated carbocycles. The fraction of sp³-hybridized carbons (Fsp3) is 0.240. The first-order chi connectivity index (χ1) is 14.7. The Labute approximate surface area is 175 Å². The molecule has 0 radical (unpaired) electrons. The zero-order valence-electron chi connectivity index (χ0n) is 16.6. The molecule has 1 amide bonds. The normalized spacial score (nSPS) is 15.4. The van der Waals surface area contributed by atoms with Crippen molar-refractivity contribution >= 4 is 5.91 Å². The lowest BCUT2D eigenvalue weighted by molar-refractivity contribution is -0.130. The van der Waals surface area contributed by atoms with E-state index in [2.05, 4.69) is 5.32 Å².